The van der Waals surface area contributed by atoms with Crippen LogP contribution in [0.25, 0.3) is 33.3 Å². The third-order valence-electron chi connectivity index (χ3n) is 5.05. The molecule has 0 unspecified atom stereocenters. The average Bonchev–Trinajstić information content (AvgIpc) is 3.22. The van der Waals surface area contributed by atoms with Crippen LogP contribution in [-0.2, 0) is 6.54 Å². The van der Waals surface area contributed by atoms with Crippen molar-refractivity contribution >= 4 is 27.8 Å². The van der Waals surface area contributed by atoms with Gasteiger partial charge in [-0.05, 0) is 48.0 Å². The van der Waals surface area contributed by atoms with Crippen LogP contribution in [0.2, 0.25) is 0 Å². The Bertz CT molecular complexity index is 1490. The molecule has 0 fully saturated rings. The smallest absolute Gasteiger partial charge is 0.255 e. The molecule has 0 atom stereocenters. The number of halogens is 1. The average molecular weight is 413 g/mol. The molecule has 2 heterocycles. The number of nitrogens with one attached hydrogen (secondary N) is 2. The molecule has 0 aliphatic rings. The Morgan fingerprint density at radius 1 is 1.03 bits per heavy atom. The first-order chi connectivity index (χ1) is 15.1. The first-order valence-electron chi connectivity index (χ1n) is 9.62. The molecule has 0 saturated carbocycles. The molecule has 31 heavy (non-hydrogen) atoms. The van der Waals surface area contributed by atoms with E-state index in [9.17, 15) is 14.0 Å². The molecule has 0 radical (unpaired) electrons. The van der Waals surface area contributed by atoms with Crippen LogP contribution in [0.1, 0.15) is 15.9 Å². The number of fused-ring (bicyclic) bond motifs is 2. The lowest BCUT2D eigenvalue weighted by molar-refractivity contribution is 0.0952. The lowest BCUT2D eigenvalue weighted by atomic mass is 10.1. The summed E-state index contributed by atoms with van der Waals surface area (Å²) in [6, 6.07) is 18.3. The SMILES string of the molecule is O=C(NCc1ccc2oc(-c3ccc(F)cc3)nc2c1)c1c[nH]c(=O)c2ccccc12. The van der Waals surface area contributed by atoms with Crippen LogP contribution < -0.4 is 10.9 Å². The second-order valence-electron chi connectivity index (χ2n) is 7.09. The molecule has 5 aromatic rings. The number of pyridine rings is 1. The number of aromatic nitrogens is 2. The molecule has 152 valence electrons. The summed E-state index contributed by atoms with van der Waals surface area (Å²) in [5, 5.41) is 3.94. The van der Waals surface area contributed by atoms with Crippen LogP contribution in [0, 0.1) is 5.82 Å². The van der Waals surface area contributed by atoms with E-state index >= 15 is 0 Å². The number of carbonyl (C=O) groups excluding carboxylic acids is 1. The topological polar surface area (TPSA) is 88.0 Å². The number of carbonyl (C=O) groups is 1. The summed E-state index contributed by atoms with van der Waals surface area (Å²) in [5.74, 6) is -0.219. The molecular weight excluding hydrogens is 397 g/mol. The first kappa shape index (κ1) is 18.7. The highest BCUT2D eigenvalue weighted by Crippen LogP contribution is 2.25. The molecule has 2 aromatic heterocycles. The third-order valence-corrected chi connectivity index (χ3v) is 5.05. The normalized spacial score (nSPS) is 11.1. The molecule has 3 aromatic carbocycles. The molecule has 5 rings (SSSR count). The number of amides is 1. The van der Waals surface area contributed by atoms with Crippen LogP contribution >= 0.6 is 0 Å². The molecule has 1 amide bonds. The van der Waals surface area contributed by atoms with Gasteiger partial charge in [0, 0.05) is 29.1 Å². The number of rotatable bonds is 4. The molecule has 0 saturated heterocycles. The molecule has 0 spiro atoms. The fourth-order valence-corrected chi connectivity index (χ4v) is 3.47. The van der Waals surface area contributed by atoms with Crippen molar-refractivity contribution in [3.8, 4) is 11.5 Å². The maximum Gasteiger partial charge on any atom is 0.255 e. The predicted molar refractivity (Wildman–Crippen MR) is 115 cm³/mol. The second kappa shape index (κ2) is 7.53. The van der Waals surface area contributed by atoms with Crippen molar-refractivity contribution in [2.24, 2.45) is 0 Å². The van der Waals surface area contributed by atoms with Crippen molar-refractivity contribution in [2.75, 3.05) is 0 Å². The van der Waals surface area contributed by atoms with Gasteiger partial charge in [0.1, 0.15) is 11.3 Å². The number of aromatic amines is 1. The quantitative estimate of drug-likeness (QED) is 0.457. The number of hydrogen-bond acceptors (Lipinski definition) is 4. The van der Waals surface area contributed by atoms with Crippen molar-refractivity contribution in [3.05, 3.63) is 100 Å². The second-order valence-corrected chi connectivity index (χ2v) is 7.09. The van der Waals surface area contributed by atoms with Crippen molar-refractivity contribution in [3.63, 3.8) is 0 Å². The molecule has 0 bridgehead atoms. The fourth-order valence-electron chi connectivity index (χ4n) is 3.47. The Balaban J connectivity index is 1.37. The maximum atomic E-state index is 13.1. The van der Waals surface area contributed by atoms with Gasteiger partial charge in [0.05, 0.1) is 5.56 Å². The summed E-state index contributed by atoms with van der Waals surface area (Å²) in [6.45, 7) is 0.279. The zero-order valence-corrected chi connectivity index (χ0v) is 16.2. The Morgan fingerprint density at radius 3 is 2.61 bits per heavy atom. The van der Waals surface area contributed by atoms with Gasteiger partial charge in [-0.15, -0.1) is 0 Å². The minimum absolute atomic E-state index is 0.236. The third kappa shape index (κ3) is 3.57. The zero-order chi connectivity index (χ0) is 21.4. The lowest BCUT2D eigenvalue weighted by Crippen LogP contribution is -2.24. The number of nitrogens with zero attached hydrogens (tertiary/aromatic N) is 1. The van der Waals surface area contributed by atoms with Crippen molar-refractivity contribution in [1.82, 2.24) is 15.3 Å². The van der Waals surface area contributed by atoms with E-state index < -0.39 is 0 Å². The van der Waals surface area contributed by atoms with Crippen LogP contribution in [0.3, 0.4) is 0 Å². The summed E-state index contributed by atoms with van der Waals surface area (Å²) in [7, 11) is 0. The van der Waals surface area contributed by atoms with E-state index in [0.29, 0.717) is 38.9 Å². The van der Waals surface area contributed by atoms with Gasteiger partial charge < -0.3 is 14.7 Å². The van der Waals surface area contributed by atoms with Crippen LogP contribution in [0.5, 0.6) is 0 Å². The van der Waals surface area contributed by atoms with Gasteiger partial charge in [-0.25, -0.2) is 9.37 Å². The largest absolute Gasteiger partial charge is 0.436 e. The number of benzene rings is 3. The van der Waals surface area contributed by atoms with Gasteiger partial charge >= 0.3 is 0 Å². The standard InChI is InChI=1S/C24H16FN3O3/c25-16-8-6-15(7-9-16)24-28-20-11-14(5-10-21(20)31-24)12-26-23(30)19-13-27-22(29)18-4-2-1-3-17(18)19/h1-11,13H,12H2,(H,26,30)(H,27,29). The molecule has 7 heteroatoms. The van der Waals surface area contributed by atoms with E-state index in [4.69, 9.17) is 4.42 Å². The van der Waals surface area contributed by atoms with Gasteiger partial charge in [0.25, 0.3) is 11.5 Å². The molecular formula is C24H16FN3O3. The molecule has 0 aliphatic heterocycles. The lowest BCUT2D eigenvalue weighted by Gasteiger charge is -2.08. The Kier molecular flexibility index (Phi) is 4.55. The highest BCUT2D eigenvalue weighted by Gasteiger charge is 2.13. The monoisotopic (exact) mass is 413 g/mol. The minimum atomic E-state index is -0.326. The van der Waals surface area contributed by atoms with Gasteiger partial charge in [-0.1, -0.05) is 24.3 Å². The minimum Gasteiger partial charge on any atom is -0.436 e. The van der Waals surface area contributed by atoms with Gasteiger partial charge in [-0.2, -0.15) is 0 Å². The van der Waals surface area contributed by atoms with Crippen LogP contribution in [0.4, 0.5) is 4.39 Å². The molecule has 0 aliphatic carbocycles. The zero-order valence-electron chi connectivity index (χ0n) is 16.2. The van der Waals surface area contributed by atoms with Gasteiger partial charge in [0.2, 0.25) is 5.89 Å². The Hall–Kier alpha value is -4.26. The van der Waals surface area contributed by atoms with E-state index in [1.807, 2.05) is 12.1 Å². The van der Waals surface area contributed by atoms with Gasteiger partial charge in [-0.3, -0.25) is 9.59 Å². The van der Waals surface area contributed by atoms with Crippen molar-refractivity contribution < 1.29 is 13.6 Å². The molecule has 6 nitrogen and oxygen atoms in total. The summed E-state index contributed by atoms with van der Waals surface area (Å²) in [5.41, 5.74) is 2.92. The Labute approximate surface area is 175 Å². The fraction of sp³-hybridized carbons (Fsp3) is 0.0417. The van der Waals surface area contributed by atoms with E-state index in [1.165, 1.54) is 18.3 Å². The van der Waals surface area contributed by atoms with Crippen LogP contribution in [-0.4, -0.2) is 15.9 Å². The highest BCUT2D eigenvalue weighted by atomic mass is 19.1. The maximum absolute atomic E-state index is 13.1. The number of oxazole rings is 1. The Morgan fingerprint density at radius 2 is 1.81 bits per heavy atom. The summed E-state index contributed by atoms with van der Waals surface area (Å²) < 4.78 is 18.9. The molecule has 2 N–H and O–H groups in total. The van der Waals surface area contributed by atoms with Crippen molar-refractivity contribution in [1.29, 1.82) is 0 Å². The summed E-state index contributed by atoms with van der Waals surface area (Å²) in [6.07, 6.45) is 1.43. The first-order valence-corrected chi connectivity index (χ1v) is 9.62. The van der Waals surface area contributed by atoms with E-state index in [-0.39, 0.29) is 23.8 Å². The van der Waals surface area contributed by atoms with Crippen molar-refractivity contribution in [2.45, 2.75) is 6.54 Å². The van der Waals surface area contributed by atoms with Gasteiger partial charge in [0.15, 0.2) is 5.58 Å². The number of H-pyrrole nitrogens is 1. The van der Waals surface area contributed by atoms with E-state index in [0.717, 1.165) is 5.56 Å². The van der Waals surface area contributed by atoms with E-state index in [2.05, 4.69) is 15.3 Å². The number of hydrogen-bond donors (Lipinski definition) is 2. The highest BCUT2D eigenvalue weighted by molar-refractivity contribution is 6.06. The van der Waals surface area contributed by atoms with Crippen LogP contribution in [0.15, 0.2) is 82.1 Å². The summed E-state index contributed by atoms with van der Waals surface area (Å²) in [4.78, 5) is 31.8. The summed E-state index contributed by atoms with van der Waals surface area (Å²) >= 11 is 0. The van der Waals surface area contributed by atoms with E-state index in [1.54, 1.807) is 42.5 Å². The predicted octanol–water partition coefficient (Wildman–Crippen LogP) is 4.41.